The maximum Gasteiger partial charge on any atom is 0.262 e. The topological polar surface area (TPSA) is 68.3 Å². The van der Waals surface area contributed by atoms with Gasteiger partial charge >= 0.3 is 0 Å². The Morgan fingerprint density at radius 1 is 1.16 bits per heavy atom. The first-order valence-corrected chi connectivity index (χ1v) is 11.1. The smallest absolute Gasteiger partial charge is 0.262 e. The molecule has 0 N–H and O–H groups in total. The molecular weight excluding hydrogens is 434 g/mol. The highest BCUT2D eigenvalue weighted by atomic mass is 35.5. The van der Waals surface area contributed by atoms with Crippen LogP contribution >= 0.6 is 23.4 Å². The number of carbonyl (C=O) groups is 1. The number of thioether (sulfide) groups is 1. The van der Waals surface area contributed by atoms with E-state index in [-0.39, 0.29) is 23.8 Å². The molecule has 0 saturated carbocycles. The number of benzene rings is 2. The van der Waals surface area contributed by atoms with Crippen molar-refractivity contribution in [2.45, 2.75) is 18.6 Å². The van der Waals surface area contributed by atoms with E-state index < -0.39 is 0 Å². The number of aromatic nitrogens is 2. The van der Waals surface area contributed by atoms with E-state index in [9.17, 15) is 9.59 Å². The zero-order valence-corrected chi connectivity index (χ0v) is 18.4. The van der Waals surface area contributed by atoms with Gasteiger partial charge in [-0.25, -0.2) is 4.98 Å². The minimum absolute atomic E-state index is 0.0660. The summed E-state index contributed by atoms with van der Waals surface area (Å²) in [5.41, 5.74) is 1.13. The van der Waals surface area contributed by atoms with Crippen molar-refractivity contribution < 1.29 is 9.21 Å². The zero-order chi connectivity index (χ0) is 21.8. The third kappa shape index (κ3) is 4.68. The number of hydrogen-bond donors (Lipinski definition) is 0. The SMILES string of the molecule is CCN(C(=O)CSc1nc2cc(Cl)ccc2c(=O)n1Cc1ccco1)c1ccccc1. The third-order valence-corrected chi connectivity index (χ3v) is 5.98. The Kier molecular flexibility index (Phi) is 6.44. The number of furan rings is 1. The van der Waals surface area contributed by atoms with Crippen molar-refractivity contribution in [1.82, 2.24) is 9.55 Å². The molecule has 2 aromatic heterocycles. The van der Waals surface area contributed by atoms with Crippen molar-refractivity contribution in [1.29, 1.82) is 0 Å². The molecule has 0 aliphatic rings. The summed E-state index contributed by atoms with van der Waals surface area (Å²) in [4.78, 5) is 32.4. The fourth-order valence-electron chi connectivity index (χ4n) is 3.30. The van der Waals surface area contributed by atoms with Gasteiger partial charge in [0.15, 0.2) is 5.16 Å². The van der Waals surface area contributed by atoms with Crippen LogP contribution in [0.25, 0.3) is 10.9 Å². The van der Waals surface area contributed by atoms with Gasteiger partial charge in [0.2, 0.25) is 5.91 Å². The molecule has 4 rings (SSSR count). The number of para-hydroxylation sites is 1. The van der Waals surface area contributed by atoms with E-state index in [2.05, 4.69) is 4.98 Å². The quantitative estimate of drug-likeness (QED) is 0.296. The van der Waals surface area contributed by atoms with Crippen LogP contribution in [-0.4, -0.2) is 27.8 Å². The van der Waals surface area contributed by atoms with Crippen LogP contribution in [0.2, 0.25) is 5.02 Å². The molecule has 31 heavy (non-hydrogen) atoms. The van der Waals surface area contributed by atoms with Crippen LogP contribution in [0.5, 0.6) is 0 Å². The second kappa shape index (κ2) is 9.41. The van der Waals surface area contributed by atoms with Gasteiger partial charge in [-0.15, -0.1) is 0 Å². The number of nitrogens with zero attached hydrogens (tertiary/aromatic N) is 3. The molecule has 0 spiro atoms. The lowest BCUT2D eigenvalue weighted by molar-refractivity contribution is -0.116. The van der Waals surface area contributed by atoms with E-state index >= 15 is 0 Å². The molecule has 1 amide bonds. The largest absolute Gasteiger partial charge is 0.467 e. The first-order valence-electron chi connectivity index (χ1n) is 9.77. The Labute approximate surface area is 188 Å². The Morgan fingerprint density at radius 2 is 1.97 bits per heavy atom. The Bertz CT molecular complexity index is 1260. The van der Waals surface area contributed by atoms with Crippen molar-refractivity contribution in [3.8, 4) is 0 Å². The van der Waals surface area contributed by atoms with E-state index in [0.29, 0.717) is 33.4 Å². The third-order valence-electron chi connectivity index (χ3n) is 4.79. The van der Waals surface area contributed by atoms with Crippen molar-refractivity contribution in [3.05, 3.63) is 88.1 Å². The molecule has 2 aromatic carbocycles. The monoisotopic (exact) mass is 453 g/mol. The number of anilines is 1. The average molecular weight is 454 g/mol. The lowest BCUT2D eigenvalue weighted by Crippen LogP contribution is -2.32. The average Bonchev–Trinajstić information content (AvgIpc) is 3.29. The predicted molar refractivity (Wildman–Crippen MR) is 124 cm³/mol. The summed E-state index contributed by atoms with van der Waals surface area (Å²) in [6.07, 6.45) is 1.56. The van der Waals surface area contributed by atoms with Gasteiger partial charge in [0.05, 0.1) is 29.5 Å². The van der Waals surface area contributed by atoms with Gasteiger partial charge in [-0.2, -0.15) is 0 Å². The fraction of sp³-hybridized carbons (Fsp3) is 0.174. The lowest BCUT2D eigenvalue weighted by Gasteiger charge is -2.21. The molecule has 2 heterocycles. The van der Waals surface area contributed by atoms with Crippen LogP contribution in [0.4, 0.5) is 5.69 Å². The van der Waals surface area contributed by atoms with Crippen LogP contribution < -0.4 is 10.5 Å². The Morgan fingerprint density at radius 3 is 2.68 bits per heavy atom. The van der Waals surface area contributed by atoms with Crippen LogP contribution in [0, 0.1) is 0 Å². The van der Waals surface area contributed by atoms with Gasteiger partial charge in [0.1, 0.15) is 5.76 Å². The van der Waals surface area contributed by atoms with Crippen LogP contribution in [0.15, 0.2) is 81.3 Å². The number of hydrogen-bond acceptors (Lipinski definition) is 5. The summed E-state index contributed by atoms with van der Waals surface area (Å²) in [6, 6.07) is 18.1. The molecule has 0 fully saturated rings. The highest BCUT2D eigenvalue weighted by molar-refractivity contribution is 7.99. The maximum absolute atomic E-state index is 13.2. The summed E-state index contributed by atoms with van der Waals surface area (Å²) in [5, 5.41) is 1.40. The molecule has 0 aliphatic carbocycles. The van der Waals surface area contributed by atoms with E-state index in [4.69, 9.17) is 16.0 Å². The number of fused-ring (bicyclic) bond motifs is 1. The van der Waals surface area contributed by atoms with Crippen LogP contribution in [0.3, 0.4) is 0 Å². The lowest BCUT2D eigenvalue weighted by atomic mass is 10.2. The van der Waals surface area contributed by atoms with Crippen LogP contribution in [0.1, 0.15) is 12.7 Å². The highest BCUT2D eigenvalue weighted by Crippen LogP contribution is 2.23. The van der Waals surface area contributed by atoms with Crippen molar-refractivity contribution in [2.75, 3.05) is 17.2 Å². The van der Waals surface area contributed by atoms with Gasteiger partial charge in [0.25, 0.3) is 5.56 Å². The minimum atomic E-state index is -0.205. The number of carbonyl (C=O) groups excluding carboxylic acids is 1. The van der Waals surface area contributed by atoms with E-state index in [1.165, 1.54) is 16.3 Å². The van der Waals surface area contributed by atoms with Crippen molar-refractivity contribution in [3.63, 3.8) is 0 Å². The second-order valence-corrected chi connectivity index (χ2v) is 8.17. The van der Waals surface area contributed by atoms with E-state index in [1.807, 2.05) is 37.3 Å². The van der Waals surface area contributed by atoms with Gasteiger partial charge in [0, 0.05) is 17.3 Å². The summed E-state index contributed by atoms with van der Waals surface area (Å²) in [6.45, 7) is 2.70. The molecule has 0 unspecified atom stereocenters. The molecular formula is C23H20ClN3O3S. The van der Waals surface area contributed by atoms with Gasteiger partial charge < -0.3 is 9.32 Å². The minimum Gasteiger partial charge on any atom is -0.467 e. The standard InChI is InChI=1S/C23H20ClN3O3S/c1-2-26(17-7-4-3-5-8-17)21(28)15-31-23-25-20-13-16(24)10-11-19(20)22(29)27(23)14-18-9-6-12-30-18/h3-13H,2,14-15H2,1H3. The Balaban J connectivity index is 1.66. The first-order chi connectivity index (χ1) is 15.1. The van der Waals surface area contributed by atoms with Crippen molar-refractivity contribution in [2.24, 2.45) is 0 Å². The second-order valence-electron chi connectivity index (χ2n) is 6.79. The summed E-state index contributed by atoms with van der Waals surface area (Å²) in [7, 11) is 0. The molecule has 4 aromatic rings. The summed E-state index contributed by atoms with van der Waals surface area (Å²) < 4.78 is 6.96. The van der Waals surface area contributed by atoms with Gasteiger partial charge in [-0.1, -0.05) is 41.6 Å². The van der Waals surface area contributed by atoms with Crippen LogP contribution in [-0.2, 0) is 11.3 Å². The predicted octanol–water partition coefficient (Wildman–Crippen LogP) is 4.84. The number of rotatable bonds is 7. The summed E-state index contributed by atoms with van der Waals surface area (Å²) in [5.74, 6) is 0.702. The van der Waals surface area contributed by atoms with E-state index in [0.717, 1.165) is 5.69 Å². The first kappa shape index (κ1) is 21.2. The fourth-order valence-corrected chi connectivity index (χ4v) is 4.34. The highest BCUT2D eigenvalue weighted by Gasteiger charge is 2.18. The Hall–Kier alpha value is -3.03. The zero-order valence-electron chi connectivity index (χ0n) is 16.8. The molecule has 6 nitrogen and oxygen atoms in total. The molecule has 0 bridgehead atoms. The number of amides is 1. The maximum atomic E-state index is 13.2. The molecule has 158 valence electrons. The van der Waals surface area contributed by atoms with E-state index in [1.54, 1.807) is 41.5 Å². The molecule has 0 radical (unpaired) electrons. The van der Waals surface area contributed by atoms with Gasteiger partial charge in [-0.05, 0) is 49.4 Å². The summed E-state index contributed by atoms with van der Waals surface area (Å²) >= 11 is 7.33. The van der Waals surface area contributed by atoms with Crippen molar-refractivity contribution >= 4 is 45.9 Å². The molecule has 8 heteroatoms. The van der Waals surface area contributed by atoms with Gasteiger partial charge in [-0.3, -0.25) is 14.2 Å². The molecule has 0 atom stereocenters. The molecule has 0 saturated heterocycles. The number of halogens is 1. The normalized spacial score (nSPS) is 11.0. The molecule has 0 aliphatic heterocycles.